The number of hydrogen-bond acceptors (Lipinski definition) is 3. The van der Waals surface area contributed by atoms with Gasteiger partial charge in [0.2, 0.25) is 11.6 Å². The molecular formula is C19H18N4O. The Kier molecular flexibility index (Phi) is 3.61. The summed E-state index contributed by atoms with van der Waals surface area (Å²) in [4.78, 5) is 16.4. The van der Waals surface area contributed by atoms with Crippen LogP contribution in [-0.2, 0) is 6.54 Å². The molecule has 120 valence electrons. The Morgan fingerprint density at radius 2 is 1.71 bits per heavy atom. The minimum Gasteiger partial charge on any atom is -0.310 e. The summed E-state index contributed by atoms with van der Waals surface area (Å²) in [5.74, 6) is 1.14. The normalized spacial score (nSPS) is 11.4. The van der Waals surface area contributed by atoms with Crippen LogP contribution in [0.2, 0.25) is 0 Å². The highest BCUT2D eigenvalue weighted by atomic mass is 16.3. The molecular weight excluding hydrogens is 300 g/mol. The van der Waals surface area contributed by atoms with E-state index in [2.05, 4.69) is 22.7 Å². The van der Waals surface area contributed by atoms with Crippen LogP contribution in [0.15, 0.2) is 59.8 Å². The standard InChI is InChI=1S/C19H18N4O/c1-2-3-13-22-15-11-7-8-12-16(15)23-18(21-24)17(20-19(22)23)14-9-5-4-6-10-14/h4-12H,2-3,13H2,1H3. The van der Waals surface area contributed by atoms with Crippen molar-refractivity contribution in [3.8, 4) is 11.3 Å². The molecule has 4 rings (SSSR count). The van der Waals surface area contributed by atoms with Crippen molar-refractivity contribution in [3.63, 3.8) is 0 Å². The SMILES string of the molecule is CCCCn1c2ccccc2n2c(N=O)c(-c3ccccc3)nc12. The zero-order valence-electron chi connectivity index (χ0n) is 13.5. The van der Waals surface area contributed by atoms with E-state index in [1.165, 1.54) is 0 Å². The van der Waals surface area contributed by atoms with Crippen molar-refractivity contribution >= 4 is 22.6 Å². The fourth-order valence-electron chi connectivity index (χ4n) is 3.20. The third-order valence-corrected chi connectivity index (χ3v) is 4.36. The Morgan fingerprint density at radius 1 is 1.00 bits per heavy atom. The summed E-state index contributed by atoms with van der Waals surface area (Å²) in [6.07, 6.45) is 2.16. The molecule has 0 fully saturated rings. The fourth-order valence-corrected chi connectivity index (χ4v) is 3.20. The van der Waals surface area contributed by atoms with Gasteiger partial charge in [-0.1, -0.05) is 55.8 Å². The summed E-state index contributed by atoms with van der Waals surface area (Å²) in [6, 6.07) is 17.8. The molecule has 0 aliphatic heterocycles. The maximum Gasteiger partial charge on any atom is 0.217 e. The van der Waals surface area contributed by atoms with Crippen molar-refractivity contribution < 1.29 is 0 Å². The maximum atomic E-state index is 11.6. The number of unbranched alkanes of at least 4 members (excludes halogenated alkanes) is 1. The van der Waals surface area contributed by atoms with E-state index in [0.29, 0.717) is 11.5 Å². The van der Waals surface area contributed by atoms with Gasteiger partial charge in [0.15, 0.2) is 0 Å². The number of nitroso groups, excluding NO2 is 1. The van der Waals surface area contributed by atoms with Gasteiger partial charge in [0.25, 0.3) is 0 Å². The second-order valence-corrected chi connectivity index (χ2v) is 5.87. The molecule has 5 nitrogen and oxygen atoms in total. The lowest BCUT2D eigenvalue weighted by Gasteiger charge is -2.03. The summed E-state index contributed by atoms with van der Waals surface area (Å²) in [5.41, 5.74) is 3.59. The van der Waals surface area contributed by atoms with Crippen molar-refractivity contribution in [2.24, 2.45) is 5.18 Å². The van der Waals surface area contributed by atoms with Gasteiger partial charge >= 0.3 is 0 Å². The number of rotatable bonds is 5. The number of nitrogens with zero attached hydrogens (tertiary/aromatic N) is 4. The molecule has 24 heavy (non-hydrogen) atoms. The highest BCUT2D eigenvalue weighted by Gasteiger charge is 2.21. The van der Waals surface area contributed by atoms with Gasteiger partial charge in [-0.2, -0.15) is 0 Å². The van der Waals surface area contributed by atoms with E-state index in [9.17, 15) is 4.91 Å². The van der Waals surface area contributed by atoms with Crippen molar-refractivity contribution in [3.05, 3.63) is 59.5 Å². The Hall–Kier alpha value is -2.95. The lowest BCUT2D eigenvalue weighted by atomic mass is 10.1. The van der Waals surface area contributed by atoms with E-state index in [1.807, 2.05) is 52.9 Å². The van der Waals surface area contributed by atoms with Crippen LogP contribution in [0.5, 0.6) is 0 Å². The lowest BCUT2D eigenvalue weighted by Crippen LogP contribution is -1.98. The highest BCUT2D eigenvalue weighted by molar-refractivity contribution is 5.86. The number of para-hydroxylation sites is 2. The van der Waals surface area contributed by atoms with Gasteiger partial charge in [-0.3, -0.25) is 4.40 Å². The zero-order valence-corrected chi connectivity index (χ0v) is 13.5. The Balaban J connectivity index is 2.06. The first-order valence-corrected chi connectivity index (χ1v) is 8.23. The summed E-state index contributed by atoms with van der Waals surface area (Å²) in [6.45, 7) is 3.04. The van der Waals surface area contributed by atoms with Crippen LogP contribution < -0.4 is 0 Å². The van der Waals surface area contributed by atoms with Gasteiger partial charge in [-0.15, -0.1) is 4.91 Å². The molecule has 2 heterocycles. The summed E-state index contributed by atoms with van der Waals surface area (Å²) >= 11 is 0. The van der Waals surface area contributed by atoms with Crippen LogP contribution in [0.1, 0.15) is 19.8 Å². The predicted octanol–water partition coefficient (Wildman–Crippen LogP) is 5.15. The molecule has 0 aliphatic carbocycles. The Bertz CT molecular complexity index is 1010. The van der Waals surface area contributed by atoms with Crippen LogP contribution in [0.25, 0.3) is 28.1 Å². The molecule has 0 aliphatic rings. The predicted molar refractivity (Wildman–Crippen MR) is 96.5 cm³/mol. The number of hydrogen-bond donors (Lipinski definition) is 0. The number of fused-ring (bicyclic) bond motifs is 3. The molecule has 0 N–H and O–H groups in total. The van der Waals surface area contributed by atoms with Gasteiger partial charge in [0.05, 0.1) is 11.0 Å². The average molecular weight is 318 g/mol. The molecule has 0 saturated carbocycles. The first-order chi connectivity index (χ1) is 11.8. The second-order valence-electron chi connectivity index (χ2n) is 5.87. The van der Waals surface area contributed by atoms with Gasteiger partial charge < -0.3 is 4.57 Å². The minimum atomic E-state index is 0.364. The van der Waals surface area contributed by atoms with E-state index in [1.54, 1.807) is 0 Å². The Morgan fingerprint density at radius 3 is 2.42 bits per heavy atom. The average Bonchev–Trinajstić information content (AvgIpc) is 3.15. The monoisotopic (exact) mass is 318 g/mol. The second kappa shape index (κ2) is 5.92. The molecule has 0 spiro atoms. The number of imidazole rings is 2. The van der Waals surface area contributed by atoms with Crippen LogP contribution in [-0.4, -0.2) is 14.0 Å². The quantitative estimate of drug-likeness (QED) is 0.478. The first-order valence-electron chi connectivity index (χ1n) is 8.23. The molecule has 0 saturated heterocycles. The Labute approximate surface area is 139 Å². The smallest absolute Gasteiger partial charge is 0.217 e. The summed E-state index contributed by atoms with van der Waals surface area (Å²) in [7, 11) is 0. The first kappa shape index (κ1) is 14.6. The zero-order chi connectivity index (χ0) is 16.5. The molecule has 5 heteroatoms. The van der Waals surface area contributed by atoms with Crippen LogP contribution in [0.3, 0.4) is 0 Å². The minimum absolute atomic E-state index is 0.364. The van der Waals surface area contributed by atoms with Crippen LogP contribution >= 0.6 is 0 Å². The summed E-state index contributed by atoms with van der Waals surface area (Å²) < 4.78 is 4.06. The van der Waals surface area contributed by atoms with Gasteiger partial charge in [0.1, 0.15) is 5.69 Å². The molecule has 0 amide bonds. The maximum absolute atomic E-state index is 11.6. The number of aromatic nitrogens is 3. The molecule has 4 aromatic rings. The summed E-state index contributed by atoms with van der Waals surface area (Å²) in [5, 5.41) is 3.32. The molecule has 0 bridgehead atoms. The van der Waals surface area contributed by atoms with Crippen LogP contribution in [0.4, 0.5) is 5.82 Å². The molecule has 2 aromatic carbocycles. The lowest BCUT2D eigenvalue weighted by molar-refractivity contribution is 0.657. The molecule has 0 unspecified atom stereocenters. The van der Waals surface area contributed by atoms with Crippen molar-refractivity contribution in [1.29, 1.82) is 0 Å². The van der Waals surface area contributed by atoms with Crippen molar-refractivity contribution in [1.82, 2.24) is 14.0 Å². The highest BCUT2D eigenvalue weighted by Crippen LogP contribution is 2.35. The van der Waals surface area contributed by atoms with Crippen molar-refractivity contribution in [2.45, 2.75) is 26.3 Å². The third-order valence-electron chi connectivity index (χ3n) is 4.36. The van der Waals surface area contributed by atoms with E-state index in [0.717, 1.165) is 41.8 Å². The fraction of sp³-hybridized carbons (Fsp3) is 0.211. The van der Waals surface area contributed by atoms with Gasteiger partial charge in [0, 0.05) is 12.1 Å². The number of aryl methyl sites for hydroxylation is 1. The van der Waals surface area contributed by atoms with Crippen molar-refractivity contribution in [2.75, 3.05) is 0 Å². The largest absolute Gasteiger partial charge is 0.310 e. The van der Waals surface area contributed by atoms with Gasteiger partial charge in [-0.25, -0.2) is 4.98 Å². The van der Waals surface area contributed by atoms with Crippen LogP contribution in [0, 0.1) is 4.91 Å². The van der Waals surface area contributed by atoms with E-state index in [-0.39, 0.29) is 0 Å². The van der Waals surface area contributed by atoms with E-state index < -0.39 is 0 Å². The third kappa shape index (κ3) is 2.12. The topological polar surface area (TPSA) is 51.7 Å². The molecule has 0 radical (unpaired) electrons. The van der Waals surface area contributed by atoms with E-state index >= 15 is 0 Å². The van der Waals surface area contributed by atoms with Gasteiger partial charge in [-0.05, 0) is 23.7 Å². The molecule has 0 atom stereocenters. The molecule has 2 aromatic heterocycles. The number of benzene rings is 2. The van der Waals surface area contributed by atoms with E-state index in [4.69, 9.17) is 4.98 Å².